The fourth-order valence-electron chi connectivity index (χ4n) is 7.36. The number of hydrogen-bond acceptors (Lipinski definition) is 5. The van der Waals surface area contributed by atoms with Gasteiger partial charge in [0.1, 0.15) is 5.82 Å². The first-order valence-corrected chi connectivity index (χ1v) is 15.5. The number of carboxylic acid groups (broad SMARTS) is 1. The van der Waals surface area contributed by atoms with E-state index in [1.807, 2.05) is 0 Å². The summed E-state index contributed by atoms with van der Waals surface area (Å²) in [6.45, 7) is 1.39. The number of alkyl halides is 3. The Bertz CT molecular complexity index is 1550. The second-order valence-corrected chi connectivity index (χ2v) is 12.9. The summed E-state index contributed by atoms with van der Waals surface area (Å²) in [6, 6.07) is 6.85. The zero-order chi connectivity index (χ0) is 33.4. The van der Waals surface area contributed by atoms with E-state index in [-0.39, 0.29) is 68.9 Å². The van der Waals surface area contributed by atoms with Crippen molar-refractivity contribution in [3.63, 3.8) is 0 Å². The van der Waals surface area contributed by atoms with Gasteiger partial charge in [-0.05, 0) is 25.3 Å². The van der Waals surface area contributed by atoms with Gasteiger partial charge in [0.05, 0.1) is 24.1 Å². The summed E-state index contributed by atoms with van der Waals surface area (Å²) in [5.74, 6) is -3.08. The van der Waals surface area contributed by atoms with E-state index < -0.39 is 58.8 Å². The first kappa shape index (κ1) is 33.4. The minimum absolute atomic E-state index is 0.000976. The molecule has 1 spiro atoms. The summed E-state index contributed by atoms with van der Waals surface area (Å²) >= 11 is 0. The monoisotopic (exact) mass is 650 g/mol. The lowest BCUT2D eigenvalue weighted by Gasteiger charge is -2.52. The molecule has 1 aromatic heterocycles. The highest BCUT2D eigenvalue weighted by atomic mass is 19.4. The summed E-state index contributed by atoms with van der Waals surface area (Å²) in [5.41, 5.74) is -2.89. The van der Waals surface area contributed by atoms with Gasteiger partial charge in [0.15, 0.2) is 0 Å². The number of carbonyl (C=O) groups excluding carboxylic acids is 2. The summed E-state index contributed by atoms with van der Waals surface area (Å²) in [5, 5.41) is 21.5. The average Bonchev–Trinajstić information content (AvgIpc) is 3.48. The molecule has 2 unspecified atom stereocenters. The van der Waals surface area contributed by atoms with Crippen LogP contribution in [0.4, 0.5) is 22.4 Å². The number of aromatic nitrogens is 1. The highest BCUT2D eigenvalue weighted by Gasteiger charge is 2.56. The molecule has 3 heterocycles. The third-order valence-electron chi connectivity index (χ3n) is 9.90. The van der Waals surface area contributed by atoms with Crippen molar-refractivity contribution in [2.24, 2.45) is 11.3 Å². The normalized spacial score (nSPS) is 22.3. The van der Waals surface area contributed by atoms with E-state index >= 15 is 0 Å². The van der Waals surface area contributed by atoms with Crippen molar-refractivity contribution in [3.8, 4) is 11.1 Å². The number of halogens is 4. The van der Waals surface area contributed by atoms with Crippen molar-refractivity contribution in [2.45, 2.75) is 63.8 Å². The SMILES string of the molecule is CC(CC(F)(F)F)C(=O)N1CCC(O)(Cn2cc(C(=O)N3CCN(C(=O)O)CC3)c(-c3ccccc3F)cc2=O)C2(CCCC2)C1. The Kier molecular flexibility index (Phi) is 9.22. The second kappa shape index (κ2) is 12.7. The predicted octanol–water partition coefficient (Wildman–Crippen LogP) is 4.20. The van der Waals surface area contributed by atoms with Gasteiger partial charge in [0.25, 0.3) is 11.5 Å². The summed E-state index contributed by atoms with van der Waals surface area (Å²) in [7, 11) is 0. The van der Waals surface area contributed by atoms with Crippen LogP contribution in [0.2, 0.25) is 0 Å². The molecule has 3 fully saturated rings. The van der Waals surface area contributed by atoms with E-state index in [2.05, 4.69) is 0 Å². The maximum atomic E-state index is 15.0. The number of benzene rings is 1. The van der Waals surface area contributed by atoms with Crippen molar-refractivity contribution in [1.82, 2.24) is 19.3 Å². The third kappa shape index (κ3) is 6.62. The Hall–Kier alpha value is -3.94. The fraction of sp³-hybridized carbons (Fsp3) is 0.562. The molecule has 10 nitrogen and oxygen atoms in total. The number of rotatable bonds is 6. The zero-order valence-electron chi connectivity index (χ0n) is 25.6. The fourth-order valence-corrected chi connectivity index (χ4v) is 7.36. The van der Waals surface area contributed by atoms with Gasteiger partial charge in [-0.15, -0.1) is 0 Å². The van der Waals surface area contributed by atoms with E-state index in [1.165, 1.54) is 50.6 Å². The van der Waals surface area contributed by atoms with Crippen LogP contribution >= 0.6 is 0 Å². The summed E-state index contributed by atoms with van der Waals surface area (Å²) in [6.07, 6.45) is -3.06. The van der Waals surface area contributed by atoms with Crippen LogP contribution < -0.4 is 5.56 Å². The smallest absolute Gasteiger partial charge is 0.407 e. The quantitative estimate of drug-likeness (QED) is 0.452. The molecule has 2 aromatic rings. The van der Waals surface area contributed by atoms with Gasteiger partial charge < -0.3 is 29.5 Å². The number of nitrogens with zero attached hydrogens (tertiary/aromatic N) is 4. The van der Waals surface area contributed by atoms with Crippen LogP contribution in [0.3, 0.4) is 0 Å². The van der Waals surface area contributed by atoms with Gasteiger partial charge in [0.2, 0.25) is 5.91 Å². The van der Waals surface area contributed by atoms with Gasteiger partial charge >= 0.3 is 12.3 Å². The number of hydrogen-bond donors (Lipinski definition) is 2. The molecule has 46 heavy (non-hydrogen) atoms. The largest absolute Gasteiger partial charge is 0.465 e. The second-order valence-electron chi connectivity index (χ2n) is 12.9. The Morgan fingerprint density at radius 2 is 1.57 bits per heavy atom. The van der Waals surface area contributed by atoms with E-state index in [4.69, 9.17) is 0 Å². The molecule has 2 aliphatic heterocycles. The lowest BCUT2D eigenvalue weighted by molar-refractivity contribution is -0.172. The predicted molar refractivity (Wildman–Crippen MR) is 158 cm³/mol. The minimum Gasteiger partial charge on any atom is -0.465 e. The molecule has 0 radical (unpaired) electrons. The Labute approximate surface area is 263 Å². The van der Waals surface area contributed by atoms with Crippen LogP contribution in [0.1, 0.15) is 55.8 Å². The molecule has 1 aliphatic carbocycles. The van der Waals surface area contributed by atoms with Crippen LogP contribution in [0.5, 0.6) is 0 Å². The molecule has 14 heteroatoms. The third-order valence-corrected chi connectivity index (χ3v) is 9.90. The molecule has 3 aliphatic rings. The van der Waals surface area contributed by atoms with Gasteiger partial charge in [-0.1, -0.05) is 38.0 Å². The number of likely N-dealkylation sites (tertiary alicyclic amines) is 1. The Morgan fingerprint density at radius 3 is 2.17 bits per heavy atom. The maximum Gasteiger partial charge on any atom is 0.407 e. The Balaban J connectivity index is 1.47. The lowest BCUT2D eigenvalue weighted by Crippen LogP contribution is -2.62. The summed E-state index contributed by atoms with van der Waals surface area (Å²) < 4.78 is 55.3. The van der Waals surface area contributed by atoms with Crippen molar-refractivity contribution >= 4 is 17.9 Å². The van der Waals surface area contributed by atoms with E-state index in [0.29, 0.717) is 12.8 Å². The molecular weight excluding hydrogens is 612 g/mol. The molecule has 250 valence electrons. The van der Waals surface area contributed by atoms with Gasteiger partial charge in [-0.2, -0.15) is 13.2 Å². The summed E-state index contributed by atoms with van der Waals surface area (Å²) in [4.78, 5) is 55.9. The lowest BCUT2D eigenvalue weighted by atomic mass is 9.65. The van der Waals surface area contributed by atoms with Gasteiger partial charge in [-0.3, -0.25) is 14.4 Å². The molecular formula is C32H38F4N4O6. The highest BCUT2D eigenvalue weighted by molar-refractivity contribution is 6.00. The standard InChI is InChI=1S/C32H38F4N4O6/c1-21(17-32(34,35)36)27(42)39-11-10-31(46,30(19-39)8-4-5-9-30)20-40-18-24(28(43)37-12-14-38(15-13-37)29(44)45)23(16-26(40)41)22-6-2-3-7-25(22)33/h2-3,6-7,16,18,21,46H,4-5,8-15,17,19-20H2,1H3,(H,44,45). The number of amides is 3. The van der Waals surface area contributed by atoms with Crippen LogP contribution in [-0.4, -0.2) is 98.4 Å². The van der Waals surface area contributed by atoms with Crippen molar-refractivity contribution in [1.29, 1.82) is 0 Å². The highest BCUT2D eigenvalue weighted by Crippen LogP contribution is 2.52. The number of pyridine rings is 1. The number of aliphatic hydroxyl groups is 1. The zero-order valence-corrected chi connectivity index (χ0v) is 25.6. The maximum absolute atomic E-state index is 15.0. The number of carbonyl (C=O) groups is 3. The van der Waals surface area contributed by atoms with Crippen LogP contribution in [-0.2, 0) is 11.3 Å². The van der Waals surface area contributed by atoms with Crippen molar-refractivity contribution in [3.05, 3.63) is 58.3 Å². The topological polar surface area (TPSA) is 123 Å². The molecule has 0 bridgehead atoms. The van der Waals surface area contributed by atoms with Crippen LogP contribution in [0, 0.1) is 17.2 Å². The first-order valence-electron chi connectivity index (χ1n) is 15.5. The molecule has 1 saturated carbocycles. The molecule has 1 aromatic carbocycles. The Morgan fingerprint density at radius 1 is 0.935 bits per heavy atom. The molecule has 5 rings (SSSR count). The van der Waals surface area contributed by atoms with Crippen LogP contribution in [0.15, 0.2) is 41.3 Å². The van der Waals surface area contributed by atoms with Crippen molar-refractivity contribution in [2.75, 3.05) is 39.3 Å². The van der Waals surface area contributed by atoms with E-state index in [0.717, 1.165) is 18.9 Å². The van der Waals surface area contributed by atoms with Crippen molar-refractivity contribution < 1.29 is 42.2 Å². The molecule has 3 amide bonds. The van der Waals surface area contributed by atoms with Gasteiger partial charge in [0, 0.05) is 74.0 Å². The van der Waals surface area contributed by atoms with E-state index in [1.54, 1.807) is 6.07 Å². The first-order chi connectivity index (χ1) is 21.6. The average molecular weight is 651 g/mol. The minimum atomic E-state index is -4.49. The van der Waals surface area contributed by atoms with E-state index in [9.17, 15) is 47.0 Å². The molecule has 2 saturated heterocycles. The van der Waals surface area contributed by atoms with Gasteiger partial charge in [-0.25, -0.2) is 9.18 Å². The molecule has 2 atom stereocenters. The number of piperazine rings is 1. The number of piperidine rings is 1. The molecule has 2 N–H and O–H groups in total. The van der Waals surface area contributed by atoms with Crippen LogP contribution in [0.25, 0.3) is 11.1 Å².